The SMILES string of the molecule is COc1cc(C(=O)OCC(=O)NC(=O)NCCC2=CCCCC2)cc(OC)c1OC. The molecule has 30 heavy (non-hydrogen) atoms. The molecule has 0 atom stereocenters. The van der Waals surface area contributed by atoms with Crippen LogP contribution in [0.15, 0.2) is 23.8 Å². The van der Waals surface area contributed by atoms with E-state index in [2.05, 4.69) is 16.7 Å². The van der Waals surface area contributed by atoms with Crippen molar-refractivity contribution < 1.29 is 33.3 Å². The Kier molecular flexibility index (Phi) is 8.99. The Hall–Kier alpha value is -3.23. The Balaban J connectivity index is 1.80. The summed E-state index contributed by atoms with van der Waals surface area (Å²) in [5.74, 6) is -0.615. The highest BCUT2D eigenvalue weighted by molar-refractivity contribution is 5.97. The minimum atomic E-state index is -0.769. The average molecular weight is 420 g/mol. The molecule has 9 heteroatoms. The van der Waals surface area contributed by atoms with Gasteiger partial charge in [-0.15, -0.1) is 0 Å². The lowest BCUT2D eigenvalue weighted by Gasteiger charge is -2.14. The molecule has 164 valence electrons. The van der Waals surface area contributed by atoms with Gasteiger partial charge in [0.2, 0.25) is 5.75 Å². The van der Waals surface area contributed by atoms with Crippen LogP contribution in [-0.4, -0.2) is 52.4 Å². The van der Waals surface area contributed by atoms with Gasteiger partial charge in [0.1, 0.15) is 0 Å². The summed E-state index contributed by atoms with van der Waals surface area (Å²) in [6, 6.07) is 2.20. The van der Waals surface area contributed by atoms with Crippen molar-refractivity contribution in [1.82, 2.24) is 10.6 Å². The fourth-order valence-corrected chi connectivity index (χ4v) is 3.09. The molecule has 3 amide bonds. The molecular formula is C21H28N2O7. The van der Waals surface area contributed by atoms with Gasteiger partial charge in [-0.25, -0.2) is 9.59 Å². The molecular weight excluding hydrogens is 392 g/mol. The van der Waals surface area contributed by atoms with Crippen LogP contribution in [0.3, 0.4) is 0 Å². The van der Waals surface area contributed by atoms with Crippen LogP contribution in [0.4, 0.5) is 4.79 Å². The zero-order valence-corrected chi connectivity index (χ0v) is 17.5. The van der Waals surface area contributed by atoms with E-state index >= 15 is 0 Å². The van der Waals surface area contributed by atoms with Gasteiger partial charge < -0.3 is 24.3 Å². The standard InChI is InChI=1S/C21H28N2O7/c1-27-16-11-15(12-17(28-2)19(16)29-3)20(25)30-13-18(24)23-21(26)22-10-9-14-7-5-4-6-8-14/h7,11-12H,4-6,8-10,13H2,1-3H3,(H2,22,23,24,26). The number of carbonyl (C=O) groups is 3. The molecule has 9 nitrogen and oxygen atoms in total. The second-order valence-corrected chi connectivity index (χ2v) is 6.65. The first-order valence-corrected chi connectivity index (χ1v) is 9.71. The van der Waals surface area contributed by atoms with Crippen molar-refractivity contribution >= 4 is 17.9 Å². The molecule has 0 fully saturated rings. The van der Waals surface area contributed by atoms with Gasteiger partial charge in [-0.3, -0.25) is 10.1 Å². The van der Waals surface area contributed by atoms with Crippen LogP contribution in [0.2, 0.25) is 0 Å². The number of carbonyl (C=O) groups excluding carboxylic acids is 3. The topological polar surface area (TPSA) is 112 Å². The first-order chi connectivity index (χ1) is 14.5. The van der Waals surface area contributed by atoms with Crippen molar-refractivity contribution in [2.45, 2.75) is 32.1 Å². The lowest BCUT2D eigenvalue weighted by atomic mass is 9.97. The summed E-state index contributed by atoms with van der Waals surface area (Å²) in [5.41, 5.74) is 1.44. The van der Waals surface area contributed by atoms with Crippen LogP contribution in [0.25, 0.3) is 0 Å². The van der Waals surface area contributed by atoms with Crippen LogP contribution in [0, 0.1) is 0 Å². The van der Waals surface area contributed by atoms with Crippen LogP contribution in [0.5, 0.6) is 17.2 Å². The van der Waals surface area contributed by atoms with Gasteiger partial charge in [-0.05, 0) is 44.2 Å². The molecule has 0 saturated carbocycles. The van der Waals surface area contributed by atoms with E-state index < -0.39 is 24.5 Å². The second-order valence-electron chi connectivity index (χ2n) is 6.65. The van der Waals surface area contributed by atoms with E-state index in [1.165, 1.54) is 51.9 Å². The van der Waals surface area contributed by atoms with Gasteiger partial charge in [0, 0.05) is 6.54 Å². The molecule has 0 aliphatic heterocycles. The van der Waals surface area contributed by atoms with E-state index in [9.17, 15) is 14.4 Å². The summed E-state index contributed by atoms with van der Waals surface area (Å²) >= 11 is 0. The van der Waals surface area contributed by atoms with Gasteiger partial charge in [0.25, 0.3) is 5.91 Å². The Bertz CT molecular complexity index is 780. The molecule has 0 unspecified atom stereocenters. The van der Waals surface area contributed by atoms with E-state index in [1.807, 2.05) is 0 Å². The van der Waals surface area contributed by atoms with Crippen LogP contribution in [-0.2, 0) is 9.53 Å². The minimum absolute atomic E-state index is 0.113. The number of hydrogen-bond donors (Lipinski definition) is 2. The van der Waals surface area contributed by atoms with E-state index in [0.29, 0.717) is 12.3 Å². The lowest BCUT2D eigenvalue weighted by molar-refractivity contribution is -0.123. The van der Waals surface area contributed by atoms with E-state index in [-0.39, 0.29) is 17.1 Å². The third-order valence-electron chi connectivity index (χ3n) is 4.60. The largest absolute Gasteiger partial charge is 0.493 e. The van der Waals surface area contributed by atoms with Crippen LogP contribution in [0.1, 0.15) is 42.5 Å². The molecule has 0 bridgehead atoms. The fourth-order valence-electron chi connectivity index (χ4n) is 3.09. The van der Waals surface area contributed by atoms with Gasteiger partial charge in [-0.1, -0.05) is 11.6 Å². The molecule has 0 radical (unpaired) electrons. The zero-order chi connectivity index (χ0) is 21.9. The smallest absolute Gasteiger partial charge is 0.338 e. The number of benzene rings is 1. The first-order valence-electron chi connectivity index (χ1n) is 9.71. The maximum atomic E-state index is 12.3. The van der Waals surface area contributed by atoms with E-state index in [4.69, 9.17) is 18.9 Å². The zero-order valence-electron chi connectivity index (χ0n) is 17.5. The predicted molar refractivity (Wildman–Crippen MR) is 109 cm³/mol. The summed E-state index contributed by atoms with van der Waals surface area (Å²) in [5, 5.41) is 4.76. The Morgan fingerprint density at radius 2 is 1.70 bits per heavy atom. The molecule has 0 spiro atoms. The predicted octanol–water partition coefficient (Wildman–Crippen LogP) is 2.59. The molecule has 1 aromatic carbocycles. The summed E-state index contributed by atoms with van der Waals surface area (Å²) in [4.78, 5) is 35.9. The molecule has 1 aliphatic rings. The van der Waals surface area contributed by atoms with Crippen molar-refractivity contribution in [2.24, 2.45) is 0 Å². The molecule has 0 aromatic heterocycles. The molecule has 0 heterocycles. The Morgan fingerprint density at radius 1 is 1.00 bits per heavy atom. The minimum Gasteiger partial charge on any atom is -0.493 e. The molecule has 2 N–H and O–H groups in total. The highest BCUT2D eigenvalue weighted by atomic mass is 16.5. The van der Waals surface area contributed by atoms with Crippen molar-refractivity contribution in [3.63, 3.8) is 0 Å². The van der Waals surface area contributed by atoms with Gasteiger partial charge >= 0.3 is 12.0 Å². The van der Waals surface area contributed by atoms with Crippen molar-refractivity contribution in [2.75, 3.05) is 34.5 Å². The van der Waals surface area contributed by atoms with Gasteiger partial charge in [0.15, 0.2) is 18.1 Å². The summed E-state index contributed by atoms with van der Waals surface area (Å²) in [7, 11) is 4.28. The van der Waals surface area contributed by atoms with Crippen LogP contribution >= 0.6 is 0 Å². The normalized spacial score (nSPS) is 13.0. The number of amides is 3. The monoisotopic (exact) mass is 420 g/mol. The number of methoxy groups -OCH3 is 3. The summed E-state index contributed by atoms with van der Waals surface area (Å²) in [6.07, 6.45) is 7.49. The number of nitrogens with one attached hydrogen (secondary N) is 2. The number of imide groups is 1. The molecule has 2 rings (SSSR count). The third-order valence-corrected chi connectivity index (χ3v) is 4.60. The Labute approximate surface area is 175 Å². The second kappa shape index (κ2) is 11.7. The molecule has 1 aliphatic carbocycles. The maximum Gasteiger partial charge on any atom is 0.338 e. The van der Waals surface area contributed by atoms with E-state index in [0.717, 1.165) is 19.3 Å². The highest BCUT2D eigenvalue weighted by Gasteiger charge is 2.19. The molecule has 0 saturated heterocycles. The number of rotatable bonds is 9. The average Bonchev–Trinajstić information content (AvgIpc) is 2.76. The number of esters is 1. The fraction of sp³-hybridized carbons (Fsp3) is 0.476. The van der Waals surface area contributed by atoms with Crippen molar-refractivity contribution in [3.8, 4) is 17.2 Å². The lowest BCUT2D eigenvalue weighted by Crippen LogP contribution is -2.41. The summed E-state index contributed by atoms with van der Waals surface area (Å²) < 4.78 is 20.5. The van der Waals surface area contributed by atoms with Gasteiger partial charge in [-0.2, -0.15) is 0 Å². The highest BCUT2D eigenvalue weighted by Crippen LogP contribution is 2.38. The quantitative estimate of drug-likeness (QED) is 0.466. The third kappa shape index (κ3) is 6.68. The summed E-state index contributed by atoms with van der Waals surface area (Å²) in [6.45, 7) is -0.162. The van der Waals surface area contributed by atoms with E-state index in [1.54, 1.807) is 0 Å². The Morgan fingerprint density at radius 3 is 2.27 bits per heavy atom. The van der Waals surface area contributed by atoms with Crippen molar-refractivity contribution in [1.29, 1.82) is 0 Å². The number of urea groups is 1. The number of hydrogen-bond acceptors (Lipinski definition) is 7. The van der Waals surface area contributed by atoms with Crippen LogP contribution < -0.4 is 24.8 Å². The maximum absolute atomic E-state index is 12.3. The molecule has 1 aromatic rings. The van der Waals surface area contributed by atoms with Gasteiger partial charge in [0.05, 0.1) is 26.9 Å². The van der Waals surface area contributed by atoms with Crippen molar-refractivity contribution in [3.05, 3.63) is 29.3 Å². The number of ether oxygens (including phenoxy) is 4. The number of allylic oxidation sites excluding steroid dienone is 1. The first kappa shape index (κ1) is 23.1.